The van der Waals surface area contributed by atoms with Crippen LogP contribution in [0, 0.1) is 0 Å². The summed E-state index contributed by atoms with van der Waals surface area (Å²) in [6.07, 6.45) is 7.52. The van der Waals surface area contributed by atoms with Gasteiger partial charge in [-0.2, -0.15) is 0 Å². The van der Waals surface area contributed by atoms with Crippen molar-refractivity contribution in [1.29, 1.82) is 0 Å². The molecule has 1 aliphatic heterocycles. The van der Waals surface area contributed by atoms with Gasteiger partial charge in [-0.1, -0.05) is 6.08 Å². The van der Waals surface area contributed by atoms with Gasteiger partial charge in [-0.05, 0) is 18.1 Å². The first-order chi connectivity index (χ1) is 4.43. The Morgan fingerprint density at radius 2 is 2.44 bits per heavy atom. The average molecular weight is 124 g/mol. The van der Waals surface area contributed by atoms with Crippen LogP contribution in [-0.4, -0.2) is 0 Å². The number of rotatable bonds is 2. The second-order valence-electron chi connectivity index (χ2n) is 1.68. The molecule has 0 radical (unpaired) electrons. The fourth-order valence-electron chi connectivity index (χ4n) is 0.559. The third-order valence-electron chi connectivity index (χ3n) is 0.973. The van der Waals surface area contributed by atoms with E-state index in [4.69, 9.17) is 0 Å². The van der Waals surface area contributed by atoms with Crippen LogP contribution in [0.2, 0.25) is 0 Å². The Morgan fingerprint density at radius 3 is 3.00 bits per heavy atom. The van der Waals surface area contributed by atoms with Gasteiger partial charge in [0, 0.05) is 0 Å². The van der Waals surface area contributed by atoms with Crippen molar-refractivity contribution in [1.82, 2.24) is 0 Å². The monoisotopic (exact) mass is 124 g/mol. The van der Waals surface area contributed by atoms with E-state index in [-0.39, 0.29) is 0 Å². The van der Waals surface area contributed by atoms with E-state index in [0.29, 0.717) is 0 Å². The van der Waals surface area contributed by atoms with Crippen molar-refractivity contribution in [2.45, 2.75) is 6.42 Å². The van der Waals surface area contributed by atoms with Crippen molar-refractivity contribution in [2.24, 2.45) is 0 Å². The first-order valence-corrected chi connectivity index (χ1v) is 2.72. The summed E-state index contributed by atoms with van der Waals surface area (Å²) in [5.41, 5.74) is 1.07. The topological polar surface area (TPSA) is 18.5 Å². The van der Waals surface area contributed by atoms with Crippen molar-refractivity contribution in [2.75, 3.05) is 0 Å². The summed E-state index contributed by atoms with van der Waals surface area (Å²) in [5, 5.41) is 0. The van der Waals surface area contributed by atoms with Gasteiger partial charge in [-0.15, -0.1) is 6.58 Å². The summed E-state index contributed by atoms with van der Waals surface area (Å²) in [7, 11) is 0. The standard InChI is InChI=1S/C7H8O2/c1-2-3-7-4-5-8-9-6-7/h2,4-6H,1,3H2. The molecule has 0 bridgehead atoms. The highest BCUT2D eigenvalue weighted by Crippen LogP contribution is 2.08. The Bertz CT molecular complexity index is 156. The van der Waals surface area contributed by atoms with Crippen LogP contribution in [0.4, 0.5) is 0 Å². The van der Waals surface area contributed by atoms with Crippen LogP contribution in [0.25, 0.3) is 0 Å². The molecule has 0 fully saturated rings. The maximum atomic E-state index is 4.54. The molecule has 0 spiro atoms. The smallest absolute Gasteiger partial charge is 0.146 e. The van der Waals surface area contributed by atoms with Crippen molar-refractivity contribution in [3.8, 4) is 0 Å². The fraction of sp³-hybridized carbons (Fsp3) is 0.143. The van der Waals surface area contributed by atoms with E-state index in [0.717, 1.165) is 12.0 Å². The molecule has 48 valence electrons. The van der Waals surface area contributed by atoms with Gasteiger partial charge in [-0.25, -0.2) is 0 Å². The van der Waals surface area contributed by atoms with E-state index in [1.54, 1.807) is 6.26 Å². The van der Waals surface area contributed by atoms with Crippen LogP contribution < -0.4 is 0 Å². The molecule has 0 aliphatic carbocycles. The van der Waals surface area contributed by atoms with Crippen molar-refractivity contribution >= 4 is 0 Å². The summed E-state index contributed by atoms with van der Waals surface area (Å²) in [6.45, 7) is 3.58. The van der Waals surface area contributed by atoms with Gasteiger partial charge in [0.2, 0.25) is 0 Å². The predicted octanol–water partition coefficient (Wildman–Crippen LogP) is 1.92. The molecule has 0 aromatic heterocycles. The van der Waals surface area contributed by atoms with Crippen LogP contribution in [0.3, 0.4) is 0 Å². The van der Waals surface area contributed by atoms with Gasteiger partial charge < -0.3 is 0 Å². The third kappa shape index (κ3) is 1.64. The van der Waals surface area contributed by atoms with Crippen LogP contribution in [-0.2, 0) is 9.78 Å². The quantitative estimate of drug-likeness (QED) is 0.413. The lowest BCUT2D eigenvalue weighted by atomic mass is 10.2. The predicted molar refractivity (Wildman–Crippen MR) is 34.2 cm³/mol. The largest absolute Gasteiger partial charge is 0.299 e. The molecule has 0 saturated carbocycles. The van der Waals surface area contributed by atoms with Crippen LogP contribution in [0.15, 0.2) is 36.8 Å². The number of allylic oxidation sites excluding steroid dienone is 3. The first-order valence-electron chi connectivity index (χ1n) is 2.72. The highest BCUT2D eigenvalue weighted by molar-refractivity contribution is 5.18. The number of hydrogen-bond donors (Lipinski definition) is 0. The Hall–Kier alpha value is -1.18. The Labute approximate surface area is 54.0 Å². The molecule has 1 heterocycles. The summed E-state index contributed by atoms with van der Waals surface area (Å²) in [5.74, 6) is 0. The first kappa shape index (κ1) is 5.95. The van der Waals surface area contributed by atoms with Crippen LogP contribution >= 0.6 is 0 Å². The Kier molecular flexibility index (Phi) is 1.96. The van der Waals surface area contributed by atoms with Gasteiger partial charge in [0.15, 0.2) is 0 Å². The van der Waals surface area contributed by atoms with Gasteiger partial charge in [0.25, 0.3) is 0 Å². The molecule has 0 saturated heterocycles. The van der Waals surface area contributed by atoms with E-state index in [1.165, 1.54) is 6.26 Å². The van der Waals surface area contributed by atoms with Gasteiger partial charge in [0.1, 0.15) is 12.5 Å². The minimum Gasteiger partial charge on any atom is -0.299 e. The zero-order valence-corrected chi connectivity index (χ0v) is 5.04. The van der Waals surface area contributed by atoms with Crippen molar-refractivity contribution < 1.29 is 9.78 Å². The van der Waals surface area contributed by atoms with Gasteiger partial charge in [-0.3, -0.25) is 9.78 Å². The number of hydrogen-bond acceptors (Lipinski definition) is 2. The highest BCUT2D eigenvalue weighted by Gasteiger charge is 1.94. The summed E-state index contributed by atoms with van der Waals surface area (Å²) < 4.78 is 0. The lowest BCUT2D eigenvalue weighted by Gasteiger charge is -2.03. The lowest BCUT2D eigenvalue weighted by molar-refractivity contribution is -0.199. The zero-order valence-electron chi connectivity index (χ0n) is 5.04. The zero-order chi connectivity index (χ0) is 6.53. The van der Waals surface area contributed by atoms with E-state index < -0.39 is 0 Å². The maximum Gasteiger partial charge on any atom is 0.146 e. The third-order valence-corrected chi connectivity index (χ3v) is 0.973. The summed E-state index contributed by atoms with van der Waals surface area (Å²) in [6, 6.07) is 0. The molecule has 0 unspecified atom stereocenters. The Balaban J connectivity index is 2.47. The summed E-state index contributed by atoms with van der Waals surface area (Å²) >= 11 is 0. The molecular weight excluding hydrogens is 116 g/mol. The molecule has 0 aromatic carbocycles. The molecule has 9 heavy (non-hydrogen) atoms. The summed E-state index contributed by atoms with van der Waals surface area (Å²) in [4.78, 5) is 8.99. The second-order valence-corrected chi connectivity index (χ2v) is 1.68. The van der Waals surface area contributed by atoms with Crippen LogP contribution in [0.5, 0.6) is 0 Å². The SMILES string of the molecule is C=CCC1=COOC=C1. The molecule has 0 atom stereocenters. The molecule has 0 N–H and O–H groups in total. The molecular formula is C7H8O2. The molecule has 0 amide bonds. The van der Waals surface area contributed by atoms with E-state index in [1.807, 2.05) is 12.2 Å². The minimum atomic E-state index is 0.819. The molecule has 1 rings (SSSR count). The van der Waals surface area contributed by atoms with Crippen molar-refractivity contribution in [3.63, 3.8) is 0 Å². The fourth-order valence-corrected chi connectivity index (χ4v) is 0.559. The maximum absolute atomic E-state index is 4.54. The molecule has 1 aliphatic rings. The normalized spacial score (nSPS) is 15.3. The van der Waals surface area contributed by atoms with E-state index in [2.05, 4.69) is 16.4 Å². The molecule has 0 aromatic rings. The molecule has 2 nitrogen and oxygen atoms in total. The second kappa shape index (κ2) is 2.97. The van der Waals surface area contributed by atoms with E-state index >= 15 is 0 Å². The van der Waals surface area contributed by atoms with Crippen LogP contribution in [0.1, 0.15) is 6.42 Å². The minimum absolute atomic E-state index is 0.819. The lowest BCUT2D eigenvalue weighted by Crippen LogP contribution is -1.87. The average Bonchev–Trinajstić information content (AvgIpc) is 1.91. The van der Waals surface area contributed by atoms with Gasteiger partial charge in [0.05, 0.1) is 0 Å². The van der Waals surface area contributed by atoms with E-state index in [9.17, 15) is 0 Å². The Morgan fingerprint density at radius 1 is 1.56 bits per heavy atom. The van der Waals surface area contributed by atoms with Crippen molar-refractivity contribution in [3.05, 3.63) is 36.8 Å². The highest BCUT2D eigenvalue weighted by atomic mass is 17.2. The van der Waals surface area contributed by atoms with Gasteiger partial charge >= 0.3 is 0 Å². The molecule has 2 heteroatoms.